The first-order valence-electron chi connectivity index (χ1n) is 3.53. The van der Waals surface area contributed by atoms with Crippen LogP contribution < -0.4 is 0 Å². The average molecular weight is 301 g/mol. The van der Waals surface area contributed by atoms with Gasteiger partial charge in [-0.1, -0.05) is 0 Å². The number of hydrogen-bond acceptors (Lipinski definition) is 3. The van der Waals surface area contributed by atoms with Gasteiger partial charge in [-0.05, 0) is 34.7 Å². The maximum atomic E-state index is 9.51. The summed E-state index contributed by atoms with van der Waals surface area (Å²) < 4.78 is 1.84. The van der Waals surface area contributed by atoms with Crippen LogP contribution in [0, 0.1) is 14.9 Å². The molecule has 0 saturated carbocycles. The Morgan fingerprint density at radius 2 is 2.23 bits per heavy atom. The maximum Gasteiger partial charge on any atom is 0.135 e. The van der Waals surface area contributed by atoms with E-state index >= 15 is 0 Å². The predicted octanol–water partition coefficient (Wildman–Crippen LogP) is 3.08. The van der Waals surface area contributed by atoms with Crippen LogP contribution in [0.3, 0.4) is 0 Å². The normalized spacial score (nSPS) is 10.2. The fourth-order valence-corrected chi connectivity index (χ4v) is 3.04. The van der Waals surface area contributed by atoms with Crippen LogP contribution in [0.1, 0.15) is 5.56 Å². The van der Waals surface area contributed by atoms with Crippen LogP contribution >= 0.6 is 33.9 Å². The van der Waals surface area contributed by atoms with Crippen molar-refractivity contribution in [1.29, 1.82) is 5.26 Å². The fraction of sp³-hybridized carbons (Fsp3) is 0. The number of benzene rings is 1. The maximum absolute atomic E-state index is 9.51. The molecule has 0 spiro atoms. The monoisotopic (exact) mass is 301 g/mol. The van der Waals surface area contributed by atoms with Crippen LogP contribution in [0.15, 0.2) is 17.5 Å². The quantitative estimate of drug-likeness (QED) is 0.760. The van der Waals surface area contributed by atoms with Crippen molar-refractivity contribution in [2.24, 2.45) is 0 Å². The average Bonchev–Trinajstić information content (AvgIpc) is 2.49. The Kier molecular flexibility index (Phi) is 2.14. The third-order valence-corrected chi connectivity index (χ3v) is 3.83. The Bertz CT molecular complexity index is 512. The number of thiophene rings is 1. The van der Waals surface area contributed by atoms with Gasteiger partial charge >= 0.3 is 0 Å². The molecular formula is C9H4INOS. The van der Waals surface area contributed by atoms with Crippen LogP contribution in [0.25, 0.3) is 10.1 Å². The lowest BCUT2D eigenvalue weighted by atomic mass is 10.2. The van der Waals surface area contributed by atoms with Crippen molar-refractivity contribution in [3.8, 4) is 11.8 Å². The molecule has 1 heterocycles. The molecule has 0 aliphatic carbocycles. The molecule has 0 atom stereocenters. The highest BCUT2D eigenvalue weighted by Crippen LogP contribution is 2.35. The summed E-state index contributed by atoms with van der Waals surface area (Å²) in [6, 6.07) is 5.73. The number of hydrogen-bond donors (Lipinski definition) is 1. The van der Waals surface area contributed by atoms with Gasteiger partial charge in [0.1, 0.15) is 11.8 Å². The van der Waals surface area contributed by atoms with Gasteiger partial charge in [0.25, 0.3) is 0 Å². The van der Waals surface area contributed by atoms with Crippen LogP contribution in [-0.4, -0.2) is 5.11 Å². The van der Waals surface area contributed by atoms with E-state index in [1.165, 1.54) is 11.3 Å². The summed E-state index contributed by atoms with van der Waals surface area (Å²) in [5.41, 5.74) is 0.613. The van der Waals surface area contributed by atoms with Crippen molar-refractivity contribution in [1.82, 2.24) is 0 Å². The van der Waals surface area contributed by atoms with E-state index < -0.39 is 0 Å². The highest BCUT2D eigenvalue weighted by atomic mass is 127. The Hall–Kier alpha value is -0.800. The molecule has 0 saturated heterocycles. The second kappa shape index (κ2) is 3.16. The fourth-order valence-electron chi connectivity index (χ4n) is 1.16. The predicted molar refractivity (Wildman–Crippen MR) is 60.9 cm³/mol. The standard InChI is InChI=1S/C9H4INOS/c10-9-5(3-11)1-2-7-8(9)6(12)4-13-7/h1-2,4,12H. The molecule has 0 aliphatic rings. The van der Waals surface area contributed by atoms with Crippen LogP contribution in [-0.2, 0) is 0 Å². The molecule has 1 N–H and O–H groups in total. The number of rotatable bonds is 0. The van der Waals surface area contributed by atoms with Crippen molar-refractivity contribution in [2.75, 3.05) is 0 Å². The van der Waals surface area contributed by atoms with E-state index in [-0.39, 0.29) is 5.75 Å². The zero-order chi connectivity index (χ0) is 9.42. The van der Waals surface area contributed by atoms with Gasteiger partial charge in [-0.3, -0.25) is 0 Å². The van der Waals surface area contributed by atoms with Gasteiger partial charge in [0, 0.05) is 19.0 Å². The zero-order valence-corrected chi connectivity index (χ0v) is 9.39. The molecule has 2 aromatic rings. The number of fused-ring (bicyclic) bond motifs is 1. The lowest BCUT2D eigenvalue weighted by molar-refractivity contribution is 0.483. The molecule has 1 aromatic carbocycles. The van der Waals surface area contributed by atoms with E-state index in [1.54, 1.807) is 11.4 Å². The Morgan fingerprint density at radius 3 is 2.92 bits per heavy atom. The van der Waals surface area contributed by atoms with Gasteiger partial charge in [0.2, 0.25) is 0 Å². The molecule has 0 radical (unpaired) electrons. The van der Waals surface area contributed by atoms with Gasteiger partial charge in [-0.25, -0.2) is 0 Å². The van der Waals surface area contributed by atoms with Gasteiger partial charge in [0.05, 0.1) is 5.56 Å². The Labute approximate surface area is 92.6 Å². The lowest BCUT2D eigenvalue weighted by Crippen LogP contribution is -1.80. The molecule has 2 nitrogen and oxygen atoms in total. The van der Waals surface area contributed by atoms with E-state index in [4.69, 9.17) is 5.26 Å². The zero-order valence-electron chi connectivity index (χ0n) is 6.41. The SMILES string of the molecule is N#Cc1ccc2scc(O)c2c1I. The van der Waals surface area contributed by atoms with Gasteiger partial charge in [-0.15, -0.1) is 11.3 Å². The number of aromatic hydroxyl groups is 1. The summed E-state index contributed by atoms with van der Waals surface area (Å²) >= 11 is 3.57. The molecule has 0 amide bonds. The van der Waals surface area contributed by atoms with E-state index in [9.17, 15) is 5.11 Å². The highest BCUT2D eigenvalue weighted by molar-refractivity contribution is 14.1. The van der Waals surface area contributed by atoms with Crippen LogP contribution in [0.2, 0.25) is 0 Å². The van der Waals surface area contributed by atoms with Gasteiger partial charge in [0.15, 0.2) is 0 Å². The molecule has 0 bridgehead atoms. The van der Waals surface area contributed by atoms with Crippen LogP contribution in [0.5, 0.6) is 5.75 Å². The van der Waals surface area contributed by atoms with E-state index in [1.807, 2.05) is 6.07 Å². The van der Waals surface area contributed by atoms with E-state index in [2.05, 4.69) is 28.7 Å². The Balaban J connectivity index is 2.93. The van der Waals surface area contributed by atoms with Crippen LogP contribution in [0.4, 0.5) is 0 Å². The van der Waals surface area contributed by atoms with Crippen molar-refractivity contribution in [2.45, 2.75) is 0 Å². The first kappa shape index (κ1) is 8.78. The van der Waals surface area contributed by atoms with Crippen molar-refractivity contribution in [3.63, 3.8) is 0 Å². The molecule has 64 valence electrons. The summed E-state index contributed by atoms with van der Waals surface area (Å²) in [7, 11) is 0. The molecule has 13 heavy (non-hydrogen) atoms. The molecular weight excluding hydrogens is 297 g/mol. The smallest absolute Gasteiger partial charge is 0.135 e. The second-order valence-electron chi connectivity index (χ2n) is 2.53. The minimum absolute atomic E-state index is 0.265. The minimum atomic E-state index is 0.265. The van der Waals surface area contributed by atoms with Crippen molar-refractivity contribution >= 4 is 44.0 Å². The third-order valence-electron chi connectivity index (χ3n) is 1.78. The second-order valence-corrected chi connectivity index (χ2v) is 4.52. The number of halogens is 1. The molecule has 0 unspecified atom stereocenters. The molecule has 0 aliphatic heterocycles. The Morgan fingerprint density at radius 1 is 1.46 bits per heavy atom. The number of nitrogens with zero attached hydrogens (tertiary/aromatic N) is 1. The van der Waals surface area contributed by atoms with E-state index in [0.717, 1.165) is 13.7 Å². The lowest BCUT2D eigenvalue weighted by Gasteiger charge is -1.97. The van der Waals surface area contributed by atoms with Gasteiger partial charge < -0.3 is 5.11 Å². The summed E-state index contributed by atoms with van der Waals surface area (Å²) in [5, 5.41) is 20.8. The first-order valence-corrected chi connectivity index (χ1v) is 5.48. The summed E-state index contributed by atoms with van der Waals surface area (Å²) in [5.74, 6) is 0.265. The molecule has 1 aromatic heterocycles. The third kappa shape index (κ3) is 1.28. The topological polar surface area (TPSA) is 44.0 Å². The number of nitriles is 1. The highest BCUT2D eigenvalue weighted by Gasteiger charge is 2.09. The minimum Gasteiger partial charge on any atom is -0.506 e. The molecule has 4 heteroatoms. The summed E-state index contributed by atoms with van der Waals surface area (Å²) in [6.45, 7) is 0. The largest absolute Gasteiger partial charge is 0.506 e. The first-order chi connectivity index (χ1) is 6.24. The molecule has 2 rings (SSSR count). The summed E-state index contributed by atoms with van der Waals surface area (Å²) in [6.07, 6.45) is 0. The molecule has 0 fully saturated rings. The van der Waals surface area contributed by atoms with Gasteiger partial charge in [-0.2, -0.15) is 5.26 Å². The van der Waals surface area contributed by atoms with Crippen molar-refractivity contribution in [3.05, 3.63) is 26.6 Å². The van der Waals surface area contributed by atoms with Crippen molar-refractivity contribution < 1.29 is 5.11 Å². The van der Waals surface area contributed by atoms with E-state index in [0.29, 0.717) is 5.56 Å². The summed E-state index contributed by atoms with van der Waals surface area (Å²) in [4.78, 5) is 0.